The van der Waals surface area contributed by atoms with Crippen LogP contribution in [0, 0.1) is 0 Å². The Morgan fingerprint density at radius 1 is 1.12 bits per heavy atom. The van der Waals surface area contributed by atoms with Crippen LogP contribution >= 0.6 is 7.52 Å². The van der Waals surface area contributed by atoms with Gasteiger partial charge in [-0.3, -0.25) is 9.36 Å². The zero-order chi connectivity index (χ0) is 24.6. The molecule has 0 saturated carbocycles. The topological polar surface area (TPSA) is 83.1 Å². The van der Waals surface area contributed by atoms with E-state index in [1.807, 2.05) is 18.2 Å². The van der Waals surface area contributed by atoms with Crippen LogP contribution in [0.15, 0.2) is 18.2 Å². The molecule has 8 heteroatoms. The van der Waals surface area contributed by atoms with Crippen LogP contribution in [0.4, 0.5) is 0 Å². The van der Waals surface area contributed by atoms with Gasteiger partial charge in [0.15, 0.2) is 0 Å². The van der Waals surface area contributed by atoms with E-state index in [4.69, 9.17) is 18.7 Å². The molecular formula is C25H42NO6P. The highest BCUT2D eigenvalue weighted by Gasteiger charge is 2.35. The summed E-state index contributed by atoms with van der Waals surface area (Å²) in [5.74, 6) is 0.609. The van der Waals surface area contributed by atoms with Gasteiger partial charge in [-0.25, -0.2) is 5.09 Å². The molecule has 0 radical (unpaired) electrons. The Bertz CT molecular complexity index is 780. The van der Waals surface area contributed by atoms with Gasteiger partial charge in [0, 0.05) is 6.61 Å². The smallest absolute Gasteiger partial charge is 0.342 e. The zero-order valence-electron chi connectivity index (χ0n) is 21.3. The molecule has 1 heterocycles. The van der Waals surface area contributed by atoms with Crippen molar-refractivity contribution in [1.29, 1.82) is 0 Å². The Hall–Kier alpha value is -1.40. The minimum Gasteiger partial charge on any atom is -0.462 e. The normalized spacial score (nSPS) is 20.8. The Morgan fingerprint density at radius 3 is 2.21 bits per heavy atom. The molecule has 1 saturated heterocycles. The summed E-state index contributed by atoms with van der Waals surface area (Å²) in [4.78, 5) is 12.5. The molecule has 0 spiro atoms. The second-order valence-electron chi connectivity index (χ2n) is 9.27. The van der Waals surface area contributed by atoms with Gasteiger partial charge in [0.2, 0.25) is 0 Å². The fraction of sp³-hybridized carbons (Fsp3) is 0.720. The van der Waals surface area contributed by atoms with Crippen LogP contribution in [0.1, 0.15) is 90.7 Å². The van der Waals surface area contributed by atoms with Crippen LogP contribution in [-0.2, 0) is 23.6 Å². The number of hydrogen-bond acceptors (Lipinski definition) is 6. The molecule has 0 aliphatic carbocycles. The second kappa shape index (κ2) is 12.9. The molecule has 7 nitrogen and oxygen atoms in total. The maximum Gasteiger partial charge on any atom is 0.342 e. The van der Waals surface area contributed by atoms with Crippen LogP contribution in [0.5, 0.6) is 5.75 Å². The van der Waals surface area contributed by atoms with Crippen molar-refractivity contribution < 1.29 is 28.1 Å². The molecule has 188 valence electrons. The SMILES string of the molecule is CCC(C)c1cccc(C(C)CC)c1OP(=O)(CO[C@@H]1CCOC1)N[C@@H](C)C(=O)OC(C)C. The number of esters is 1. The van der Waals surface area contributed by atoms with Crippen molar-refractivity contribution in [3.05, 3.63) is 29.3 Å². The van der Waals surface area contributed by atoms with Gasteiger partial charge in [-0.15, -0.1) is 0 Å². The van der Waals surface area contributed by atoms with Crippen molar-refractivity contribution >= 4 is 13.5 Å². The fourth-order valence-electron chi connectivity index (χ4n) is 3.66. The molecule has 0 bridgehead atoms. The monoisotopic (exact) mass is 483 g/mol. The summed E-state index contributed by atoms with van der Waals surface area (Å²) in [7, 11) is -3.63. The lowest BCUT2D eigenvalue weighted by Crippen LogP contribution is -2.37. The molecular weight excluding hydrogens is 441 g/mol. The van der Waals surface area contributed by atoms with Gasteiger partial charge in [0.1, 0.15) is 18.1 Å². The summed E-state index contributed by atoms with van der Waals surface area (Å²) in [6.45, 7) is 14.8. The molecule has 33 heavy (non-hydrogen) atoms. The first-order chi connectivity index (χ1) is 15.6. The van der Waals surface area contributed by atoms with Gasteiger partial charge in [-0.2, -0.15) is 0 Å². The standard InChI is InChI=1S/C25H42NO6P/c1-8-18(5)22-11-10-12-23(19(6)9-2)24(22)32-33(28,16-30-21-13-14-29-15-21)26-20(7)25(27)31-17(3)4/h10-12,17-21H,8-9,13-16H2,1-7H3,(H,26,28)/t18?,19?,20-,21+,33?/m0/s1. The van der Waals surface area contributed by atoms with Gasteiger partial charge in [0.25, 0.3) is 0 Å². The minimum atomic E-state index is -3.63. The zero-order valence-corrected chi connectivity index (χ0v) is 22.2. The third-order valence-electron chi connectivity index (χ3n) is 6.07. The molecule has 1 aliphatic heterocycles. The van der Waals surface area contributed by atoms with Crippen molar-refractivity contribution in [3.8, 4) is 5.75 Å². The summed E-state index contributed by atoms with van der Waals surface area (Å²) in [5.41, 5.74) is 2.03. The van der Waals surface area contributed by atoms with Crippen LogP contribution in [0.2, 0.25) is 0 Å². The number of hydrogen-bond donors (Lipinski definition) is 1. The van der Waals surface area contributed by atoms with E-state index in [9.17, 15) is 9.36 Å². The highest BCUT2D eigenvalue weighted by Crippen LogP contribution is 2.49. The van der Waals surface area contributed by atoms with Gasteiger partial charge >= 0.3 is 13.5 Å². The maximum absolute atomic E-state index is 14.2. The summed E-state index contributed by atoms with van der Waals surface area (Å²) < 4.78 is 37.1. The van der Waals surface area contributed by atoms with Crippen LogP contribution in [0.25, 0.3) is 0 Å². The van der Waals surface area contributed by atoms with Crippen molar-refractivity contribution in [3.63, 3.8) is 0 Å². The van der Waals surface area contributed by atoms with E-state index < -0.39 is 19.5 Å². The van der Waals surface area contributed by atoms with Gasteiger partial charge in [0.05, 0.1) is 18.8 Å². The van der Waals surface area contributed by atoms with E-state index in [1.165, 1.54) is 0 Å². The fourth-order valence-corrected chi connectivity index (χ4v) is 5.45. The quantitative estimate of drug-likeness (QED) is 0.273. The molecule has 0 aromatic heterocycles. The van der Waals surface area contributed by atoms with Crippen LogP contribution in [0.3, 0.4) is 0 Å². The predicted molar refractivity (Wildman–Crippen MR) is 131 cm³/mol. The van der Waals surface area contributed by atoms with E-state index >= 15 is 0 Å². The Morgan fingerprint density at radius 2 is 1.73 bits per heavy atom. The average Bonchev–Trinajstić information content (AvgIpc) is 3.30. The van der Waals surface area contributed by atoms with Crippen molar-refractivity contribution in [1.82, 2.24) is 5.09 Å². The third-order valence-corrected chi connectivity index (χ3v) is 7.81. The third kappa shape index (κ3) is 8.10. The minimum absolute atomic E-state index is 0.138. The number of ether oxygens (including phenoxy) is 3. The van der Waals surface area contributed by atoms with Crippen molar-refractivity contribution in [2.24, 2.45) is 0 Å². The summed E-state index contributed by atoms with van der Waals surface area (Å²) >= 11 is 0. The van der Waals surface area contributed by atoms with Crippen molar-refractivity contribution in [2.75, 3.05) is 19.6 Å². The molecule has 5 atom stereocenters. The van der Waals surface area contributed by atoms with Crippen LogP contribution in [-0.4, -0.2) is 43.8 Å². The number of benzene rings is 1. The summed E-state index contributed by atoms with van der Waals surface area (Å²) in [6.07, 6.45) is 2.02. The molecule has 0 amide bonds. The first kappa shape index (κ1) is 27.8. The van der Waals surface area contributed by atoms with Crippen LogP contribution < -0.4 is 9.61 Å². The molecule has 1 aliphatic rings. The van der Waals surface area contributed by atoms with E-state index in [0.29, 0.717) is 19.0 Å². The molecule has 2 rings (SSSR count). The molecule has 3 unspecified atom stereocenters. The lowest BCUT2D eigenvalue weighted by atomic mass is 9.90. The molecule has 1 aromatic carbocycles. The largest absolute Gasteiger partial charge is 0.462 e. The van der Waals surface area contributed by atoms with E-state index in [0.717, 1.165) is 30.4 Å². The number of rotatable bonds is 13. The molecule has 1 N–H and O–H groups in total. The average molecular weight is 484 g/mol. The number of carbonyl (C=O) groups is 1. The lowest BCUT2D eigenvalue weighted by molar-refractivity contribution is -0.149. The molecule has 1 fully saturated rings. The van der Waals surface area contributed by atoms with E-state index in [2.05, 4.69) is 32.8 Å². The van der Waals surface area contributed by atoms with Gasteiger partial charge in [-0.05, 0) is 63.0 Å². The lowest BCUT2D eigenvalue weighted by Gasteiger charge is -2.29. The first-order valence-electron chi connectivity index (χ1n) is 12.2. The Labute approximate surface area is 199 Å². The van der Waals surface area contributed by atoms with E-state index in [-0.39, 0.29) is 30.4 Å². The first-order valence-corrected chi connectivity index (χ1v) is 14.0. The highest BCUT2D eigenvalue weighted by molar-refractivity contribution is 7.57. The Balaban J connectivity index is 2.40. The van der Waals surface area contributed by atoms with Crippen molar-refractivity contribution in [2.45, 2.75) is 97.8 Å². The molecule has 1 aromatic rings. The second-order valence-corrected chi connectivity index (χ2v) is 11.3. The number of para-hydroxylation sites is 1. The summed E-state index contributed by atoms with van der Waals surface area (Å²) in [6, 6.07) is 5.27. The predicted octanol–water partition coefficient (Wildman–Crippen LogP) is 5.98. The number of nitrogens with one attached hydrogen (secondary N) is 1. The number of carbonyl (C=O) groups excluding carboxylic acids is 1. The van der Waals surface area contributed by atoms with Gasteiger partial charge < -0.3 is 18.7 Å². The highest BCUT2D eigenvalue weighted by atomic mass is 31.2. The summed E-state index contributed by atoms with van der Waals surface area (Å²) in [5, 5.41) is 2.93. The van der Waals surface area contributed by atoms with Gasteiger partial charge in [-0.1, -0.05) is 45.9 Å². The van der Waals surface area contributed by atoms with E-state index in [1.54, 1.807) is 20.8 Å². The maximum atomic E-state index is 14.2. The Kier molecular flexibility index (Phi) is 10.9.